The average Bonchev–Trinajstić information content (AvgIpc) is 3.18. The number of hydrogen-bond donors (Lipinski definition) is 2. The highest BCUT2D eigenvalue weighted by Gasteiger charge is 2.15. The van der Waals surface area contributed by atoms with Crippen molar-refractivity contribution in [1.29, 1.82) is 0 Å². The predicted octanol–water partition coefficient (Wildman–Crippen LogP) is 2.82. The van der Waals surface area contributed by atoms with Crippen LogP contribution in [0.15, 0.2) is 42.7 Å². The maximum Gasteiger partial charge on any atom is 0.256 e. The lowest BCUT2D eigenvalue weighted by molar-refractivity contribution is 0.102. The van der Waals surface area contributed by atoms with Gasteiger partial charge in [-0.05, 0) is 62.2 Å². The maximum absolute atomic E-state index is 12.7. The van der Waals surface area contributed by atoms with E-state index in [1.165, 1.54) is 11.1 Å². The van der Waals surface area contributed by atoms with Crippen molar-refractivity contribution in [3.8, 4) is 11.5 Å². The Balaban J connectivity index is 1.56. The van der Waals surface area contributed by atoms with E-state index in [9.17, 15) is 4.79 Å². The molecule has 27 heavy (non-hydrogen) atoms. The number of anilines is 1. The lowest BCUT2D eigenvalue weighted by Gasteiger charge is -2.17. The molecular weight excluding hydrogens is 340 g/mol. The van der Waals surface area contributed by atoms with Crippen LogP contribution in [0.4, 0.5) is 5.82 Å². The summed E-state index contributed by atoms with van der Waals surface area (Å²) in [5.74, 6) is 1.01. The Bertz CT molecular complexity index is 978. The number of nitrogens with zero attached hydrogens (tertiary/aromatic N) is 4. The van der Waals surface area contributed by atoms with E-state index in [2.05, 4.69) is 39.7 Å². The van der Waals surface area contributed by atoms with Crippen molar-refractivity contribution >= 4 is 11.7 Å². The van der Waals surface area contributed by atoms with Gasteiger partial charge in [0.2, 0.25) is 0 Å². The zero-order valence-corrected chi connectivity index (χ0v) is 15.4. The SMILES string of the molecule is CC(C)n1cnnc1-c1cccc(NC(=O)c2ccc3c(c2)CNCC3)n1. The van der Waals surface area contributed by atoms with Gasteiger partial charge in [-0.25, -0.2) is 4.98 Å². The van der Waals surface area contributed by atoms with Gasteiger partial charge in [-0.3, -0.25) is 4.79 Å². The summed E-state index contributed by atoms with van der Waals surface area (Å²) in [6.45, 7) is 5.90. The molecule has 0 spiro atoms. The number of carbonyl (C=O) groups excluding carboxylic acids is 1. The number of aromatic nitrogens is 4. The molecule has 138 valence electrons. The second-order valence-corrected chi connectivity index (χ2v) is 6.93. The summed E-state index contributed by atoms with van der Waals surface area (Å²) in [7, 11) is 0. The molecule has 0 bridgehead atoms. The zero-order valence-electron chi connectivity index (χ0n) is 15.4. The lowest BCUT2D eigenvalue weighted by Crippen LogP contribution is -2.24. The number of fused-ring (bicyclic) bond motifs is 1. The van der Waals surface area contributed by atoms with Crippen molar-refractivity contribution in [1.82, 2.24) is 25.1 Å². The monoisotopic (exact) mass is 362 g/mol. The van der Waals surface area contributed by atoms with Crippen molar-refractivity contribution in [2.75, 3.05) is 11.9 Å². The van der Waals surface area contributed by atoms with Crippen molar-refractivity contribution < 1.29 is 4.79 Å². The number of amides is 1. The number of nitrogens with one attached hydrogen (secondary N) is 2. The van der Waals surface area contributed by atoms with Gasteiger partial charge in [0.1, 0.15) is 17.8 Å². The van der Waals surface area contributed by atoms with Crippen LogP contribution < -0.4 is 10.6 Å². The quantitative estimate of drug-likeness (QED) is 0.745. The minimum absolute atomic E-state index is 0.168. The van der Waals surface area contributed by atoms with E-state index >= 15 is 0 Å². The normalized spacial score (nSPS) is 13.4. The van der Waals surface area contributed by atoms with Crippen molar-refractivity contribution in [3.05, 3.63) is 59.4 Å². The Labute approximate surface area is 157 Å². The minimum atomic E-state index is -0.168. The fourth-order valence-corrected chi connectivity index (χ4v) is 3.24. The first-order valence-corrected chi connectivity index (χ1v) is 9.12. The molecule has 7 nitrogen and oxygen atoms in total. The molecule has 1 aromatic carbocycles. The molecule has 0 saturated carbocycles. The van der Waals surface area contributed by atoms with Crippen LogP contribution in [-0.4, -0.2) is 32.2 Å². The Morgan fingerprint density at radius 3 is 2.96 bits per heavy atom. The summed E-state index contributed by atoms with van der Waals surface area (Å²) in [5.41, 5.74) is 3.79. The standard InChI is InChI=1S/C20H22N6O/c1-13(2)26-12-22-25-19(26)17-4-3-5-18(23-17)24-20(27)15-7-6-14-8-9-21-11-16(14)10-15/h3-7,10,12-13,21H,8-9,11H2,1-2H3,(H,23,24,27). The summed E-state index contributed by atoms with van der Waals surface area (Å²) in [4.78, 5) is 17.2. The Morgan fingerprint density at radius 1 is 1.22 bits per heavy atom. The summed E-state index contributed by atoms with van der Waals surface area (Å²) < 4.78 is 1.95. The summed E-state index contributed by atoms with van der Waals surface area (Å²) in [6.07, 6.45) is 2.69. The van der Waals surface area contributed by atoms with Crippen LogP contribution in [-0.2, 0) is 13.0 Å². The molecule has 0 atom stereocenters. The third-order valence-electron chi connectivity index (χ3n) is 4.70. The van der Waals surface area contributed by atoms with Gasteiger partial charge in [-0.1, -0.05) is 12.1 Å². The number of benzene rings is 1. The van der Waals surface area contributed by atoms with E-state index in [0.29, 0.717) is 22.9 Å². The van der Waals surface area contributed by atoms with E-state index in [1.54, 1.807) is 12.4 Å². The average molecular weight is 362 g/mol. The molecule has 1 amide bonds. The van der Waals surface area contributed by atoms with Gasteiger partial charge in [0.15, 0.2) is 5.82 Å². The van der Waals surface area contributed by atoms with E-state index in [4.69, 9.17) is 0 Å². The first kappa shape index (κ1) is 17.4. The second-order valence-electron chi connectivity index (χ2n) is 6.93. The highest BCUT2D eigenvalue weighted by molar-refractivity contribution is 6.04. The van der Waals surface area contributed by atoms with Gasteiger partial charge < -0.3 is 15.2 Å². The molecule has 7 heteroatoms. The predicted molar refractivity (Wildman–Crippen MR) is 103 cm³/mol. The van der Waals surface area contributed by atoms with Gasteiger partial charge in [0.25, 0.3) is 5.91 Å². The van der Waals surface area contributed by atoms with Gasteiger partial charge in [0.05, 0.1) is 0 Å². The molecule has 0 aliphatic carbocycles. The topological polar surface area (TPSA) is 84.7 Å². The van der Waals surface area contributed by atoms with Gasteiger partial charge >= 0.3 is 0 Å². The number of hydrogen-bond acceptors (Lipinski definition) is 5. The number of carbonyl (C=O) groups is 1. The second kappa shape index (κ2) is 7.28. The van der Waals surface area contributed by atoms with Crippen molar-refractivity contribution in [3.63, 3.8) is 0 Å². The third kappa shape index (κ3) is 3.59. The molecule has 2 aromatic heterocycles. The first-order valence-electron chi connectivity index (χ1n) is 9.12. The minimum Gasteiger partial charge on any atom is -0.312 e. The molecule has 3 heterocycles. The van der Waals surface area contributed by atoms with Crippen LogP contribution in [0.5, 0.6) is 0 Å². The molecule has 0 saturated heterocycles. The van der Waals surface area contributed by atoms with Gasteiger partial charge in [-0.15, -0.1) is 10.2 Å². The van der Waals surface area contributed by atoms with Crippen LogP contribution >= 0.6 is 0 Å². The molecule has 1 aliphatic heterocycles. The zero-order chi connectivity index (χ0) is 18.8. The highest BCUT2D eigenvalue weighted by Crippen LogP contribution is 2.21. The molecule has 4 rings (SSSR count). The third-order valence-corrected chi connectivity index (χ3v) is 4.70. The largest absolute Gasteiger partial charge is 0.312 e. The first-order chi connectivity index (χ1) is 13.1. The molecular formula is C20H22N6O. The Kier molecular flexibility index (Phi) is 4.68. The van der Waals surface area contributed by atoms with Crippen LogP contribution in [0.25, 0.3) is 11.5 Å². The molecule has 3 aromatic rings. The van der Waals surface area contributed by atoms with E-state index in [-0.39, 0.29) is 11.9 Å². The fourth-order valence-electron chi connectivity index (χ4n) is 3.24. The highest BCUT2D eigenvalue weighted by atomic mass is 16.1. The smallest absolute Gasteiger partial charge is 0.256 e. The van der Waals surface area contributed by atoms with Crippen LogP contribution in [0.3, 0.4) is 0 Å². The van der Waals surface area contributed by atoms with Crippen molar-refractivity contribution in [2.24, 2.45) is 0 Å². The Morgan fingerprint density at radius 2 is 2.11 bits per heavy atom. The van der Waals surface area contributed by atoms with Gasteiger partial charge in [0, 0.05) is 18.2 Å². The summed E-state index contributed by atoms with van der Waals surface area (Å²) in [5, 5.41) is 14.4. The van der Waals surface area contributed by atoms with Crippen LogP contribution in [0.1, 0.15) is 41.4 Å². The number of rotatable bonds is 4. The lowest BCUT2D eigenvalue weighted by atomic mass is 9.98. The van der Waals surface area contributed by atoms with E-state index in [0.717, 1.165) is 19.5 Å². The van der Waals surface area contributed by atoms with Gasteiger partial charge in [-0.2, -0.15) is 0 Å². The molecule has 2 N–H and O–H groups in total. The molecule has 0 radical (unpaired) electrons. The molecule has 0 unspecified atom stereocenters. The summed E-state index contributed by atoms with van der Waals surface area (Å²) >= 11 is 0. The van der Waals surface area contributed by atoms with Crippen LogP contribution in [0, 0.1) is 0 Å². The van der Waals surface area contributed by atoms with E-state index in [1.807, 2.05) is 34.9 Å². The van der Waals surface area contributed by atoms with Crippen molar-refractivity contribution in [2.45, 2.75) is 32.9 Å². The molecule has 0 fully saturated rings. The molecule has 1 aliphatic rings. The van der Waals surface area contributed by atoms with E-state index < -0.39 is 0 Å². The number of pyridine rings is 1. The Hall–Kier alpha value is -3.06. The van der Waals surface area contributed by atoms with Crippen LogP contribution in [0.2, 0.25) is 0 Å². The summed E-state index contributed by atoms with van der Waals surface area (Å²) in [6, 6.07) is 11.6. The fraction of sp³-hybridized carbons (Fsp3) is 0.300. The maximum atomic E-state index is 12.7.